The smallest absolute Gasteiger partial charge is 0.312 e. The van der Waals surface area contributed by atoms with Crippen LogP contribution < -0.4 is 16.4 Å². The number of amides is 3. The standard InChI is InChI=1S/C19H31N3O2/c1-14(2)13-16-8-10-17(11-9-16)15(3)22-18(23)7-5-4-6-12-21-19(20)24/h8-11,14-15H,4-7,12-13H2,1-3H3,(H,22,23)(H3,20,21,24)/t15-/m1/s1. The molecule has 0 spiro atoms. The van der Waals surface area contributed by atoms with Gasteiger partial charge in [0.2, 0.25) is 5.91 Å². The maximum atomic E-state index is 12.0. The lowest BCUT2D eigenvalue weighted by Gasteiger charge is -2.15. The lowest BCUT2D eigenvalue weighted by atomic mass is 10.00. The molecule has 0 heterocycles. The molecular formula is C19H31N3O2. The summed E-state index contributed by atoms with van der Waals surface area (Å²) < 4.78 is 0. The van der Waals surface area contributed by atoms with Crippen molar-refractivity contribution in [2.75, 3.05) is 6.54 Å². The maximum absolute atomic E-state index is 12.0. The van der Waals surface area contributed by atoms with Gasteiger partial charge in [-0.1, -0.05) is 44.5 Å². The summed E-state index contributed by atoms with van der Waals surface area (Å²) in [4.78, 5) is 22.5. The van der Waals surface area contributed by atoms with Crippen LogP contribution in [0.4, 0.5) is 4.79 Å². The van der Waals surface area contributed by atoms with E-state index in [1.165, 1.54) is 5.56 Å². The summed E-state index contributed by atoms with van der Waals surface area (Å²) in [5.41, 5.74) is 7.44. The van der Waals surface area contributed by atoms with E-state index >= 15 is 0 Å². The molecule has 0 radical (unpaired) electrons. The highest BCUT2D eigenvalue weighted by Gasteiger charge is 2.09. The van der Waals surface area contributed by atoms with Gasteiger partial charge in [-0.2, -0.15) is 0 Å². The van der Waals surface area contributed by atoms with Gasteiger partial charge in [-0.05, 0) is 43.2 Å². The van der Waals surface area contributed by atoms with Crippen LogP contribution >= 0.6 is 0 Å². The number of unbranched alkanes of at least 4 members (excludes halogenated alkanes) is 2. The lowest BCUT2D eigenvalue weighted by Crippen LogP contribution is -2.30. The minimum Gasteiger partial charge on any atom is -0.352 e. The Hall–Kier alpha value is -2.04. The van der Waals surface area contributed by atoms with Gasteiger partial charge >= 0.3 is 6.03 Å². The van der Waals surface area contributed by atoms with E-state index < -0.39 is 6.03 Å². The molecule has 0 fully saturated rings. The number of primary amides is 1. The summed E-state index contributed by atoms with van der Waals surface area (Å²) in [6, 6.07) is 7.99. The molecule has 0 aliphatic carbocycles. The third-order valence-corrected chi connectivity index (χ3v) is 3.88. The molecule has 4 N–H and O–H groups in total. The molecule has 3 amide bonds. The molecule has 0 aromatic heterocycles. The second-order valence-corrected chi connectivity index (χ2v) is 6.73. The van der Waals surface area contributed by atoms with Crippen molar-refractivity contribution in [2.24, 2.45) is 11.7 Å². The van der Waals surface area contributed by atoms with E-state index in [0.717, 1.165) is 31.2 Å². The average Bonchev–Trinajstić information content (AvgIpc) is 2.50. The molecular weight excluding hydrogens is 302 g/mol. The summed E-state index contributed by atoms with van der Waals surface area (Å²) in [6.07, 6.45) is 4.12. The normalized spacial score (nSPS) is 12.0. The minimum atomic E-state index is -0.499. The monoisotopic (exact) mass is 333 g/mol. The zero-order valence-electron chi connectivity index (χ0n) is 15.1. The average molecular weight is 333 g/mol. The van der Waals surface area contributed by atoms with Crippen molar-refractivity contribution in [1.82, 2.24) is 10.6 Å². The molecule has 1 atom stereocenters. The van der Waals surface area contributed by atoms with E-state index in [-0.39, 0.29) is 11.9 Å². The first-order valence-electron chi connectivity index (χ1n) is 8.80. The molecule has 134 valence electrons. The third kappa shape index (κ3) is 8.56. The van der Waals surface area contributed by atoms with Crippen molar-refractivity contribution in [3.63, 3.8) is 0 Å². The van der Waals surface area contributed by atoms with Crippen LogP contribution in [-0.4, -0.2) is 18.5 Å². The molecule has 1 aromatic carbocycles. The Morgan fingerprint density at radius 1 is 1.04 bits per heavy atom. The fourth-order valence-electron chi connectivity index (χ4n) is 2.61. The number of carbonyl (C=O) groups excluding carboxylic acids is 2. The SMILES string of the molecule is CC(C)Cc1ccc([C@@H](C)NC(=O)CCCCCNC(N)=O)cc1. The molecule has 5 heteroatoms. The molecule has 0 aliphatic heterocycles. The van der Waals surface area contributed by atoms with Crippen molar-refractivity contribution in [3.8, 4) is 0 Å². The molecule has 1 aromatic rings. The van der Waals surface area contributed by atoms with Gasteiger partial charge in [0, 0.05) is 13.0 Å². The maximum Gasteiger partial charge on any atom is 0.312 e. The molecule has 0 aliphatic rings. The topological polar surface area (TPSA) is 84.2 Å². The summed E-state index contributed by atoms with van der Waals surface area (Å²) in [6.45, 7) is 6.99. The Bertz CT molecular complexity index is 512. The van der Waals surface area contributed by atoms with Crippen LogP contribution in [0, 0.1) is 5.92 Å². The second-order valence-electron chi connectivity index (χ2n) is 6.73. The number of carbonyl (C=O) groups is 2. The molecule has 0 saturated carbocycles. The van der Waals surface area contributed by atoms with Gasteiger partial charge in [-0.3, -0.25) is 4.79 Å². The Labute approximate surface area is 145 Å². The van der Waals surface area contributed by atoms with Gasteiger partial charge in [-0.15, -0.1) is 0 Å². The highest BCUT2D eigenvalue weighted by Crippen LogP contribution is 2.16. The van der Waals surface area contributed by atoms with Crippen LogP contribution in [0.15, 0.2) is 24.3 Å². The number of nitrogens with one attached hydrogen (secondary N) is 2. The van der Waals surface area contributed by atoms with Gasteiger partial charge in [0.05, 0.1) is 6.04 Å². The van der Waals surface area contributed by atoms with Crippen molar-refractivity contribution in [2.45, 2.75) is 58.9 Å². The number of benzene rings is 1. The zero-order chi connectivity index (χ0) is 17.9. The van der Waals surface area contributed by atoms with Gasteiger partial charge in [-0.25, -0.2) is 4.79 Å². The summed E-state index contributed by atoms with van der Waals surface area (Å²) in [7, 11) is 0. The highest BCUT2D eigenvalue weighted by molar-refractivity contribution is 5.76. The van der Waals surface area contributed by atoms with Gasteiger partial charge in [0.1, 0.15) is 0 Å². The van der Waals surface area contributed by atoms with E-state index in [2.05, 4.69) is 48.7 Å². The largest absolute Gasteiger partial charge is 0.352 e. The first-order valence-corrected chi connectivity index (χ1v) is 8.80. The number of hydrogen-bond donors (Lipinski definition) is 3. The Morgan fingerprint density at radius 3 is 2.29 bits per heavy atom. The number of nitrogens with two attached hydrogens (primary N) is 1. The van der Waals surface area contributed by atoms with Crippen molar-refractivity contribution in [1.29, 1.82) is 0 Å². The Kier molecular flexibility index (Phi) is 8.90. The predicted molar refractivity (Wildman–Crippen MR) is 97.6 cm³/mol. The molecule has 0 unspecified atom stereocenters. The number of hydrogen-bond acceptors (Lipinski definition) is 2. The predicted octanol–water partition coefficient (Wildman–Crippen LogP) is 3.29. The summed E-state index contributed by atoms with van der Waals surface area (Å²) in [5, 5.41) is 5.58. The molecule has 24 heavy (non-hydrogen) atoms. The fraction of sp³-hybridized carbons (Fsp3) is 0.579. The Morgan fingerprint density at radius 2 is 1.71 bits per heavy atom. The molecule has 1 rings (SSSR count). The quantitative estimate of drug-likeness (QED) is 0.574. The summed E-state index contributed by atoms with van der Waals surface area (Å²) >= 11 is 0. The minimum absolute atomic E-state index is 0.0159. The van der Waals surface area contributed by atoms with E-state index in [4.69, 9.17) is 5.73 Å². The van der Waals surface area contributed by atoms with Crippen LogP contribution in [0.3, 0.4) is 0 Å². The first kappa shape index (κ1) is 20.0. The van der Waals surface area contributed by atoms with Crippen molar-refractivity contribution in [3.05, 3.63) is 35.4 Å². The summed E-state index contributed by atoms with van der Waals surface area (Å²) in [5.74, 6) is 0.711. The van der Waals surface area contributed by atoms with E-state index in [0.29, 0.717) is 18.9 Å². The van der Waals surface area contributed by atoms with Gasteiger partial charge in [0.15, 0.2) is 0 Å². The second kappa shape index (κ2) is 10.7. The van der Waals surface area contributed by atoms with E-state index in [9.17, 15) is 9.59 Å². The van der Waals surface area contributed by atoms with Crippen molar-refractivity contribution < 1.29 is 9.59 Å². The number of urea groups is 1. The number of rotatable bonds is 10. The van der Waals surface area contributed by atoms with Crippen LogP contribution in [0.5, 0.6) is 0 Å². The third-order valence-electron chi connectivity index (χ3n) is 3.88. The van der Waals surface area contributed by atoms with Crippen LogP contribution in [0.1, 0.15) is 63.6 Å². The highest BCUT2D eigenvalue weighted by atomic mass is 16.2. The zero-order valence-corrected chi connectivity index (χ0v) is 15.1. The van der Waals surface area contributed by atoms with Crippen LogP contribution in [0.25, 0.3) is 0 Å². The first-order chi connectivity index (χ1) is 11.4. The van der Waals surface area contributed by atoms with Crippen LogP contribution in [0.2, 0.25) is 0 Å². The van der Waals surface area contributed by atoms with Gasteiger partial charge in [0.25, 0.3) is 0 Å². The fourth-order valence-corrected chi connectivity index (χ4v) is 2.61. The van der Waals surface area contributed by atoms with Crippen molar-refractivity contribution >= 4 is 11.9 Å². The van der Waals surface area contributed by atoms with Gasteiger partial charge < -0.3 is 16.4 Å². The van der Waals surface area contributed by atoms with E-state index in [1.807, 2.05) is 6.92 Å². The molecule has 0 bridgehead atoms. The Balaban J connectivity index is 2.27. The lowest BCUT2D eigenvalue weighted by molar-refractivity contribution is -0.121. The molecule has 0 saturated heterocycles. The van der Waals surface area contributed by atoms with Crippen LogP contribution in [-0.2, 0) is 11.2 Å². The molecule has 5 nitrogen and oxygen atoms in total. The van der Waals surface area contributed by atoms with E-state index in [1.54, 1.807) is 0 Å².